The third-order valence-corrected chi connectivity index (χ3v) is 6.53. The van der Waals surface area contributed by atoms with Crippen molar-refractivity contribution in [2.45, 2.75) is 51.0 Å². The highest BCUT2D eigenvalue weighted by atomic mass is 32.2. The molecule has 0 aliphatic heterocycles. The molecule has 1 unspecified atom stereocenters. The molecule has 0 fully saturated rings. The molecular formula is C23H31N3O5S. The first kappa shape index (κ1) is 25.4. The van der Waals surface area contributed by atoms with Gasteiger partial charge in [-0.15, -0.1) is 0 Å². The molecule has 0 bridgehead atoms. The molecule has 0 heterocycles. The number of para-hydroxylation sites is 1. The first-order valence-corrected chi connectivity index (χ1v) is 11.9. The van der Waals surface area contributed by atoms with Crippen LogP contribution in [0.5, 0.6) is 0 Å². The first-order valence-electron chi connectivity index (χ1n) is 10.4. The van der Waals surface area contributed by atoms with Crippen LogP contribution in [0, 0.1) is 20.8 Å². The molecule has 174 valence electrons. The number of urea groups is 1. The van der Waals surface area contributed by atoms with E-state index in [2.05, 4.69) is 15.4 Å². The van der Waals surface area contributed by atoms with Gasteiger partial charge in [0.1, 0.15) is 6.04 Å². The van der Waals surface area contributed by atoms with Crippen LogP contribution < -0.4 is 15.4 Å². The van der Waals surface area contributed by atoms with Crippen molar-refractivity contribution in [1.29, 1.82) is 0 Å². The minimum atomic E-state index is -3.86. The summed E-state index contributed by atoms with van der Waals surface area (Å²) in [6, 6.07) is 10.8. The molecule has 32 heavy (non-hydrogen) atoms. The number of amides is 2. The SMILES string of the molecule is COC(=O)C(CCCCNC(=O)Nc1c(C)cccc1C)NS(=O)(=O)c1ccc(C)cc1. The van der Waals surface area contributed by atoms with Gasteiger partial charge in [0.15, 0.2) is 0 Å². The van der Waals surface area contributed by atoms with Gasteiger partial charge in [0.2, 0.25) is 10.0 Å². The van der Waals surface area contributed by atoms with E-state index in [1.54, 1.807) is 12.1 Å². The number of methoxy groups -OCH3 is 1. The fraction of sp³-hybridized carbons (Fsp3) is 0.391. The number of ether oxygens (including phenoxy) is 1. The van der Waals surface area contributed by atoms with Gasteiger partial charge in [-0.2, -0.15) is 4.72 Å². The van der Waals surface area contributed by atoms with Gasteiger partial charge in [-0.1, -0.05) is 35.9 Å². The minimum absolute atomic E-state index is 0.0850. The Balaban J connectivity index is 1.84. The molecule has 2 rings (SSSR count). The number of carbonyl (C=O) groups is 2. The molecule has 8 nitrogen and oxygen atoms in total. The first-order chi connectivity index (χ1) is 15.1. The second-order valence-corrected chi connectivity index (χ2v) is 9.37. The molecule has 2 amide bonds. The summed E-state index contributed by atoms with van der Waals surface area (Å²) in [5, 5.41) is 5.62. The lowest BCUT2D eigenvalue weighted by molar-refractivity contribution is -0.142. The average molecular weight is 462 g/mol. The van der Waals surface area contributed by atoms with Crippen LogP contribution >= 0.6 is 0 Å². The maximum absolute atomic E-state index is 12.6. The molecule has 0 spiro atoms. The summed E-state index contributed by atoms with van der Waals surface area (Å²) in [5.74, 6) is -0.651. The number of carbonyl (C=O) groups excluding carboxylic acids is 2. The molecule has 9 heteroatoms. The molecule has 1 atom stereocenters. The molecule has 0 aliphatic rings. The van der Waals surface area contributed by atoms with Crippen molar-refractivity contribution in [2.24, 2.45) is 0 Å². The van der Waals surface area contributed by atoms with Crippen LogP contribution in [0.4, 0.5) is 10.5 Å². The Bertz CT molecular complexity index is 1020. The van der Waals surface area contributed by atoms with Crippen LogP contribution in [0.2, 0.25) is 0 Å². The van der Waals surface area contributed by atoms with Crippen LogP contribution in [0.3, 0.4) is 0 Å². The summed E-state index contributed by atoms with van der Waals surface area (Å²) in [7, 11) is -2.64. The van der Waals surface area contributed by atoms with Crippen molar-refractivity contribution in [3.8, 4) is 0 Å². The Kier molecular flexibility index (Phi) is 9.22. The molecule has 0 saturated carbocycles. The monoisotopic (exact) mass is 461 g/mol. The van der Waals surface area contributed by atoms with Gasteiger partial charge in [0, 0.05) is 12.2 Å². The summed E-state index contributed by atoms with van der Waals surface area (Å²) in [5.41, 5.74) is 3.66. The van der Waals surface area contributed by atoms with Gasteiger partial charge < -0.3 is 15.4 Å². The van der Waals surface area contributed by atoms with Crippen molar-refractivity contribution in [2.75, 3.05) is 19.0 Å². The summed E-state index contributed by atoms with van der Waals surface area (Å²) < 4.78 is 32.4. The summed E-state index contributed by atoms with van der Waals surface area (Å²) in [6.07, 6.45) is 1.33. The van der Waals surface area contributed by atoms with Gasteiger partial charge in [-0.05, 0) is 63.3 Å². The van der Waals surface area contributed by atoms with E-state index in [9.17, 15) is 18.0 Å². The van der Waals surface area contributed by atoms with Crippen molar-refractivity contribution in [1.82, 2.24) is 10.0 Å². The lowest BCUT2D eigenvalue weighted by Crippen LogP contribution is -2.41. The third-order valence-electron chi connectivity index (χ3n) is 5.04. The standard InChI is InChI=1S/C23H31N3O5S/c1-16-11-13-19(14-12-16)32(29,30)26-20(22(27)31-4)10-5-6-15-24-23(28)25-21-17(2)8-7-9-18(21)3/h7-9,11-14,20,26H,5-6,10,15H2,1-4H3,(H2,24,25,28). The van der Waals surface area contributed by atoms with Gasteiger partial charge in [0.05, 0.1) is 12.0 Å². The Morgan fingerprint density at radius 2 is 1.59 bits per heavy atom. The van der Waals surface area contributed by atoms with Crippen molar-refractivity contribution in [3.63, 3.8) is 0 Å². The normalized spacial score (nSPS) is 12.1. The van der Waals surface area contributed by atoms with Crippen LogP contribution in [0.25, 0.3) is 0 Å². The summed E-state index contributed by atoms with van der Waals surface area (Å²) >= 11 is 0. The summed E-state index contributed by atoms with van der Waals surface area (Å²) in [6.45, 7) is 6.09. The van der Waals surface area contributed by atoms with Crippen molar-refractivity contribution in [3.05, 3.63) is 59.2 Å². The predicted molar refractivity (Wildman–Crippen MR) is 124 cm³/mol. The Labute approximate surface area is 189 Å². The highest BCUT2D eigenvalue weighted by Crippen LogP contribution is 2.19. The average Bonchev–Trinajstić information content (AvgIpc) is 2.75. The second kappa shape index (κ2) is 11.6. The zero-order chi connectivity index (χ0) is 23.7. The Hall–Kier alpha value is -2.91. The molecule has 3 N–H and O–H groups in total. The topological polar surface area (TPSA) is 114 Å². The van der Waals surface area contributed by atoms with E-state index < -0.39 is 22.0 Å². The zero-order valence-corrected chi connectivity index (χ0v) is 19.7. The number of hydrogen-bond acceptors (Lipinski definition) is 5. The Morgan fingerprint density at radius 1 is 0.969 bits per heavy atom. The van der Waals surface area contributed by atoms with Gasteiger partial charge in [-0.25, -0.2) is 13.2 Å². The largest absolute Gasteiger partial charge is 0.468 e. The lowest BCUT2D eigenvalue weighted by Gasteiger charge is -2.17. The van der Waals surface area contributed by atoms with Crippen LogP contribution in [0.15, 0.2) is 47.4 Å². The fourth-order valence-electron chi connectivity index (χ4n) is 3.18. The molecule has 2 aromatic carbocycles. The smallest absolute Gasteiger partial charge is 0.323 e. The molecule has 2 aromatic rings. The van der Waals surface area contributed by atoms with E-state index in [1.165, 1.54) is 19.2 Å². The predicted octanol–water partition coefficient (Wildman–Crippen LogP) is 3.42. The molecule has 0 saturated heterocycles. The van der Waals surface area contributed by atoms with Crippen LogP contribution in [-0.4, -0.2) is 40.1 Å². The number of anilines is 1. The van der Waals surface area contributed by atoms with Gasteiger partial charge in [-0.3, -0.25) is 4.79 Å². The number of nitrogens with one attached hydrogen (secondary N) is 3. The van der Waals surface area contributed by atoms with Crippen molar-refractivity contribution >= 4 is 27.7 Å². The second-order valence-electron chi connectivity index (χ2n) is 7.65. The third kappa shape index (κ3) is 7.35. The van der Waals surface area contributed by atoms with Gasteiger partial charge >= 0.3 is 12.0 Å². The van der Waals surface area contributed by atoms with E-state index in [1.807, 2.05) is 39.0 Å². The lowest BCUT2D eigenvalue weighted by atomic mass is 10.1. The Morgan fingerprint density at radius 3 is 2.19 bits per heavy atom. The molecule has 0 aromatic heterocycles. The van der Waals surface area contributed by atoms with E-state index in [-0.39, 0.29) is 17.3 Å². The molecule has 0 aliphatic carbocycles. The van der Waals surface area contributed by atoms with E-state index in [4.69, 9.17) is 4.74 Å². The highest BCUT2D eigenvalue weighted by Gasteiger charge is 2.26. The quantitative estimate of drug-likeness (QED) is 0.371. The molecular weight excluding hydrogens is 430 g/mol. The number of esters is 1. The van der Waals surface area contributed by atoms with Crippen molar-refractivity contribution < 1.29 is 22.7 Å². The van der Waals surface area contributed by atoms with Crippen LogP contribution in [-0.2, 0) is 19.6 Å². The summed E-state index contributed by atoms with van der Waals surface area (Å²) in [4.78, 5) is 24.3. The number of hydrogen-bond donors (Lipinski definition) is 3. The number of unbranched alkanes of at least 4 members (excludes halogenated alkanes) is 1. The maximum atomic E-state index is 12.6. The number of sulfonamides is 1. The maximum Gasteiger partial charge on any atom is 0.323 e. The van der Waals surface area contributed by atoms with Gasteiger partial charge in [0.25, 0.3) is 0 Å². The fourth-order valence-corrected chi connectivity index (χ4v) is 4.40. The van der Waals surface area contributed by atoms with E-state index in [0.717, 1.165) is 22.4 Å². The van der Waals surface area contributed by atoms with Crippen LogP contribution in [0.1, 0.15) is 36.0 Å². The highest BCUT2D eigenvalue weighted by molar-refractivity contribution is 7.89. The zero-order valence-electron chi connectivity index (χ0n) is 18.9. The van der Waals surface area contributed by atoms with E-state index >= 15 is 0 Å². The number of aryl methyl sites for hydroxylation is 3. The van der Waals surface area contributed by atoms with E-state index in [0.29, 0.717) is 19.4 Å². The number of benzene rings is 2. The molecule has 0 radical (unpaired) electrons. The number of rotatable bonds is 10. The minimum Gasteiger partial charge on any atom is -0.468 e.